The third kappa shape index (κ3) is 5.21. The largest absolute Gasteiger partial charge is 0.480 e. The Hall–Kier alpha value is -1.56. The van der Waals surface area contributed by atoms with Crippen molar-refractivity contribution in [2.24, 2.45) is 5.92 Å². The average molecular weight is 343 g/mol. The molecule has 6 heteroatoms. The molecule has 1 atom stereocenters. The van der Waals surface area contributed by atoms with Crippen LogP contribution in [0.4, 0.5) is 10.5 Å². The molecule has 3 N–H and O–H groups in total. The molecule has 0 aliphatic heterocycles. The lowest BCUT2D eigenvalue weighted by Gasteiger charge is -2.17. The van der Waals surface area contributed by atoms with E-state index >= 15 is 0 Å². The zero-order chi connectivity index (χ0) is 15.3. The zero-order valence-corrected chi connectivity index (χ0v) is 13.3. The van der Waals surface area contributed by atoms with Crippen LogP contribution in [0.5, 0.6) is 0 Å². The minimum Gasteiger partial charge on any atom is -0.480 e. The molecule has 2 amide bonds. The summed E-state index contributed by atoms with van der Waals surface area (Å²) in [6.07, 6.45) is 0.389. The van der Waals surface area contributed by atoms with E-state index in [2.05, 4.69) is 26.6 Å². The predicted molar refractivity (Wildman–Crippen MR) is 81.9 cm³/mol. The lowest BCUT2D eigenvalue weighted by Crippen LogP contribution is -2.43. The molecule has 0 unspecified atom stereocenters. The molecule has 0 aliphatic carbocycles. The van der Waals surface area contributed by atoms with Crippen LogP contribution in [0.3, 0.4) is 0 Å². The molecule has 0 fully saturated rings. The van der Waals surface area contributed by atoms with Gasteiger partial charge in [0.25, 0.3) is 0 Å². The van der Waals surface area contributed by atoms with Gasteiger partial charge in [-0.1, -0.05) is 35.8 Å². The summed E-state index contributed by atoms with van der Waals surface area (Å²) in [5, 5.41) is 14.2. The van der Waals surface area contributed by atoms with Crippen molar-refractivity contribution in [2.45, 2.75) is 33.2 Å². The fourth-order valence-corrected chi connectivity index (χ4v) is 2.10. The Morgan fingerprint density at radius 1 is 1.35 bits per heavy atom. The van der Waals surface area contributed by atoms with Gasteiger partial charge in [-0.2, -0.15) is 0 Å². The molecule has 1 rings (SSSR count). The van der Waals surface area contributed by atoms with Gasteiger partial charge in [-0.3, -0.25) is 0 Å². The summed E-state index contributed by atoms with van der Waals surface area (Å²) in [5.74, 6) is -0.844. The molecule has 0 bridgehead atoms. The molecule has 1 aromatic rings. The van der Waals surface area contributed by atoms with Gasteiger partial charge < -0.3 is 15.7 Å². The van der Waals surface area contributed by atoms with Crippen molar-refractivity contribution >= 4 is 33.6 Å². The first-order valence-corrected chi connectivity index (χ1v) is 7.15. The zero-order valence-electron chi connectivity index (χ0n) is 11.7. The Morgan fingerprint density at radius 2 is 2.00 bits per heavy atom. The molecule has 20 heavy (non-hydrogen) atoms. The number of halogens is 1. The Morgan fingerprint density at radius 3 is 2.55 bits per heavy atom. The number of aliphatic carboxylic acids is 1. The van der Waals surface area contributed by atoms with Gasteiger partial charge in [0.05, 0.1) is 0 Å². The number of carbonyl (C=O) groups excluding carboxylic acids is 1. The quantitative estimate of drug-likeness (QED) is 0.767. The number of carbonyl (C=O) groups is 2. The van der Waals surface area contributed by atoms with Gasteiger partial charge in [0.15, 0.2) is 0 Å². The summed E-state index contributed by atoms with van der Waals surface area (Å²) in [6.45, 7) is 5.69. The number of anilines is 1. The minimum atomic E-state index is -1.03. The van der Waals surface area contributed by atoms with Crippen molar-refractivity contribution in [3.05, 3.63) is 28.2 Å². The monoisotopic (exact) mass is 342 g/mol. The van der Waals surface area contributed by atoms with Crippen LogP contribution in [0, 0.1) is 12.8 Å². The smallest absolute Gasteiger partial charge is 0.326 e. The number of carboxylic acids is 1. The third-order valence-corrected chi connectivity index (χ3v) is 3.25. The second-order valence-corrected chi connectivity index (χ2v) is 5.99. The van der Waals surface area contributed by atoms with Crippen molar-refractivity contribution in [1.82, 2.24) is 5.32 Å². The van der Waals surface area contributed by atoms with Crippen LogP contribution in [0.1, 0.15) is 25.8 Å². The van der Waals surface area contributed by atoms with Crippen LogP contribution < -0.4 is 10.6 Å². The summed E-state index contributed by atoms with van der Waals surface area (Å²) in [7, 11) is 0. The maximum atomic E-state index is 11.9. The highest BCUT2D eigenvalue weighted by atomic mass is 79.9. The van der Waals surface area contributed by atoms with E-state index in [1.54, 1.807) is 6.07 Å². The highest BCUT2D eigenvalue weighted by Crippen LogP contribution is 2.20. The number of amides is 2. The number of hydrogen-bond acceptors (Lipinski definition) is 2. The SMILES string of the molecule is Cc1ccc(Br)cc1NC(=O)N[C@H](CC(C)C)C(=O)O. The van der Waals surface area contributed by atoms with Crippen LogP contribution in [0.2, 0.25) is 0 Å². The molecule has 110 valence electrons. The van der Waals surface area contributed by atoms with Gasteiger partial charge in [0.1, 0.15) is 6.04 Å². The summed E-state index contributed by atoms with van der Waals surface area (Å²) >= 11 is 3.33. The molecule has 0 saturated heterocycles. The standard InChI is InChI=1S/C14H19BrN2O3/c1-8(2)6-12(13(18)19)17-14(20)16-11-7-10(15)5-4-9(11)3/h4-5,7-8,12H,6H2,1-3H3,(H,18,19)(H2,16,17,20)/t12-/m1/s1. The number of urea groups is 1. The van der Waals surface area contributed by atoms with Crippen molar-refractivity contribution in [1.29, 1.82) is 0 Å². The van der Waals surface area contributed by atoms with Gasteiger partial charge in [-0.25, -0.2) is 9.59 Å². The second-order valence-electron chi connectivity index (χ2n) is 5.08. The summed E-state index contributed by atoms with van der Waals surface area (Å²) < 4.78 is 0.843. The maximum Gasteiger partial charge on any atom is 0.326 e. The maximum absolute atomic E-state index is 11.9. The van der Waals surface area contributed by atoms with E-state index in [1.807, 2.05) is 32.9 Å². The molecule has 0 heterocycles. The minimum absolute atomic E-state index is 0.184. The molecular formula is C14H19BrN2O3. The van der Waals surface area contributed by atoms with Gasteiger partial charge in [0, 0.05) is 10.2 Å². The van der Waals surface area contributed by atoms with Gasteiger partial charge in [-0.15, -0.1) is 0 Å². The first-order valence-electron chi connectivity index (χ1n) is 6.36. The molecule has 0 aromatic heterocycles. The third-order valence-electron chi connectivity index (χ3n) is 2.76. The number of hydrogen-bond donors (Lipinski definition) is 3. The highest BCUT2D eigenvalue weighted by molar-refractivity contribution is 9.10. The van der Waals surface area contributed by atoms with E-state index < -0.39 is 18.0 Å². The Balaban J connectivity index is 2.70. The van der Waals surface area contributed by atoms with Crippen molar-refractivity contribution < 1.29 is 14.7 Å². The molecule has 1 aromatic carbocycles. The van der Waals surface area contributed by atoms with Crippen molar-refractivity contribution in [3.8, 4) is 0 Å². The predicted octanol–water partition coefficient (Wildman–Crippen LogP) is 3.38. The van der Waals surface area contributed by atoms with E-state index in [1.165, 1.54) is 0 Å². The van der Waals surface area contributed by atoms with E-state index in [-0.39, 0.29) is 5.92 Å². The topological polar surface area (TPSA) is 78.4 Å². The lowest BCUT2D eigenvalue weighted by molar-refractivity contribution is -0.139. The molecule has 0 aliphatic rings. The summed E-state index contributed by atoms with van der Waals surface area (Å²) in [6, 6.07) is 4.11. The number of nitrogens with one attached hydrogen (secondary N) is 2. The van der Waals surface area contributed by atoms with E-state index in [4.69, 9.17) is 5.11 Å². The fourth-order valence-electron chi connectivity index (χ4n) is 1.74. The number of benzene rings is 1. The van der Waals surface area contributed by atoms with Crippen LogP contribution in [-0.2, 0) is 4.79 Å². The summed E-state index contributed by atoms with van der Waals surface area (Å²) in [4.78, 5) is 23.0. The molecule has 0 spiro atoms. The van der Waals surface area contributed by atoms with Crippen molar-refractivity contribution in [3.63, 3.8) is 0 Å². The Bertz CT molecular complexity index is 503. The van der Waals surface area contributed by atoms with Crippen LogP contribution >= 0.6 is 15.9 Å². The van der Waals surface area contributed by atoms with Crippen LogP contribution in [0.15, 0.2) is 22.7 Å². The van der Waals surface area contributed by atoms with E-state index in [9.17, 15) is 9.59 Å². The number of aryl methyl sites for hydroxylation is 1. The highest BCUT2D eigenvalue weighted by Gasteiger charge is 2.21. The van der Waals surface area contributed by atoms with E-state index in [0.717, 1.165) is 10.0 Å². The van der Waals surface area contributed by atoms with Gasteiger partial charge in [-0.05, 0) is 37.0 Å². The van der Waals surface area contributed by atoms with Gasteiger partial charge in [0.2, 0.25) is 0 Å². The van der Waals surface area contributed by atoms with Gasteiger partial charge >= 0.3 is 12.0 Å². The lowest BCUT2D eigenvalue weighted by atomic mass is 10.0. The molecule has 0 radical (unpaired) electrons. The molecule has 5 nitrogen and oxygen atoms in total. The first-order chi connectivity index (χ1) is 9.29. The normalized spacial score (nSPS) is 12.1. The molecule has 0 saturated carbocycles. The number of rotatable bonds is 5. The molecular weight excluding hydrogens is 324 g/mol. The average Bonchev–Trinajstić information content (AvgIpc) is 2.32. The fraction of sp³-hybridized carbons (Fsp3) is 0.429. The van der Waals surface area contributed by atoms with Crippen molar-refractivity contribution in [2.75, 3.05) is 5.32 Å². The Kier molecular flexibility index (Phi) is 6.01. The first kappa shape index (κ1) is 16.5. The van der Waals surface area contributed by atoms with Crippen LogP contribution in [0.25, 0.3) is 0 Å². The second kappa shape index (κ2) is 7.28. The summed E-state index contributed by atoms with van der Waals surface area (Å²) in [5.41, 5.74) is 1.55. The Labute approximate surface area is 126 Å². The van der Waals surface area contributed by atoms with Crippen LogP contribution in [-0.4, -0.2) is 23.1 Å². The number of carboxylic acid groups (broad SMARTS) is 1. The van der Waals surface area contributed by atoms with E-state index in [0.29, 0.717) is 12.1 Å².